The zero-order chi connectivity index (χ0) is 13.7. The van der Waals surface area contributed by atoms with Crippen LogP contribution in [0.3, 0.4) is 0 Å². The highest BCUT2D eigenvalue weighted by atomic mass is 79.9. The van der Waals surface area contributed by atoms with Crippen LogP contribution in [-0.2, 0) is 17.6 Å². The van der Waals surface area contributed by atoms with E-state index in [0.29, 0.717) is 12.8 Å². The first-order chi connectivity index (χ1) is 9.15. The molecule has 0 bridgehead atoms. The van der Waals surface area contributed by atoms with Crippen molar-refractivity contribution < 1.29 is 9.18 Å². The van der Waals surface area contributed by atoms with Crippen molar-refractivity contribution in [2.45, 2.75) is 25.7 Å². The Balaban J connectivity index is 1.82. The summed E-state index contributed by atoms with van der Waals surface area (Å²) >= 11 is 5.06. The molecule has 0 N–H and O–H groups in total. The van der Waals surface area contributed by atoms with Crippen LogP contribution in [0.5, 0.6) is 0 Å². The van der Waals surface area contributed by atoms with E-state index in [0.717, 1.165) is 22.9 Å². The van der Waals surface area contributed by atoms with Crippen molar-refractivity contribution >= 4 is 33.0 Å². The van der Waals surface area contributed by atoms with Crippen LogP contribution >= 0.6 is 27.3 Å². The van der Waals surface area contributed by atoms with Gasteiger partial charge in [-0.3, -0.25) is 4.79 Å². The van der Waals surface area contributed by atoms with Gasteiger partial charge in [0.2, 0.25) is 0 Å². The minimum Gasteiger partial charge on any atom is -0.299 e. The average molecular weight is 341 g/mol. The molecule has 2 aromatic rings. The third-order valence-corrected chi connectivity index (χ3v) is 4.56. The maximum atomic E-state index is 13.1. The van der Waals surface area contributed by atoms with Gasteiger partial charge in [-0.15, -0.1) is 11.3 Å². The zero-order valence-electron chi connectivity index (χ0n) is 10.4. The molecular formula is C15H14BrFOS. The van der Waals surface area contributed by atoms with Gasteiger partial charge in [-0.1, -0.05) is 22.0 Å². The van der Waals surface area contributed by atoms with Crippen molar-refractivity contribution in [3.05, 3.63) is 56.4 Å². The number of halogens is 2. The van der Waals surface area contributed by atoms with E-state index in [-0.39, 0.29) is 11.6 Å². The molecule has 0 fully saturated rings. The quantitative estimate of drug-likeness (QED) is 0.739. The highest BCUT2D eigenvalue weighted by molar-refractivity contribution is 9.10. The van der Waals surface area contributed by atoms with Crippen molar-refractivity contribution in [2.75, 3.05) is 0 Å². The van der Waals surface area contributed by atoms with Crippen molar-refractivity contribution in [1.82, 2.24) is 0 Å². The molecule has 1 aromatic heterocycles. The monoisotopic (exact) mass is 340 g/mol. The number of rotatable bonds is 6. The maximum absolute atomic E-state index is 13.1. The van der Waals surface area contributed by atoms with Crippen molar-refractivity contribution in [1.29, 1.82) is 0 Å². The van der Waals surface area contributed by atoms with Crippen LogP contribution < -0.4 is 0 Å². The number of benzene rings is 1. The minimum atomic E-state index is -0.301. The fourth-order valence-electron chi connectivity index (χ4n) is 1.89. The maximum Gasteiger partial charge on any atom is 0.137 e. The molecule has 1 aromatic carbocycles. The molecule has 0 aliphatic heterocycles. The molecule has 19 heavy (non-hydrogen) atoms. The summed E-state index contributed by atoms with van der Waals surface area (Å²) in [5.41, 5.74) is 0.723. The van der Waals surface area contributed by atoms with E-state index < -0.39 is 0 Å². The fraction of sp³-hybridized carbons (Fsp3) is 0.267. The highest BCUT2D eigenvalue weighted by Gasteiger charge is 2.08. The summed E-state index contributed by atoms with van der Waals surface area (Å²) in [4.78, 5) is 13.2. The van der Waals surface area contributed by atoms with Gasteiger partial charge in [0, 0.05) is 22.2 Å². The molecule has 0 unspecified atom stereocenters. The van der Waals surface area contributed by atoms with E-state index in [4.69, 9.17) is 0 Å². The molecular weight excluding hydrogens is 327 g/mol. The summed E-state index contributed by atoms with van der Waals surface area (Å²) in [5.74, 6) is -0.146. The van der Waals surface area contributed by atoms with E-state index in [1.54, 1.807) is 17.4 Å². The van der Waals surface area contributed by atoms with Crippen LogP contribution in [0.25, 0.3) is 0 Å². The van der Waals surface area contributed by atoms with E-state index >= 15 is 0 Å². The Morgan fingerprint density at radius 2 is 2.16 bits per heavy atom. The topological polar surface area (TPSA) is 17.1 Å². The van der Waals surface area contributed by atoms with E-state index in [1.165, 1.54) is 17.0 Å². The first-order valence-electron chi connectivity index (χ1n) is 6.13. The van der Waals surface area contributed by atoms with Gasteiger partial charge >= 0.3 is 0 Å². The highest BCUT2D eigenvalue weighted by Crippen LogP contribution is 2.19. The third-order valence-electron chi connectivity index (χ3n) is 2.85. The molecule has 0 saturated carbocycles. The second-order valence-corrected chi connectivity index (χ2v) is 6.27. The van der Waals surface area contributed by atoms with E-state index in [9.17, 15) is 9.18 Å². The molecule has 0 radical (unpaired) electrons. The molecule has 100 valence electrons. The molecule has 0 aliphatic rings. The molecule has 0 atom stereocenters. The molecule has 1 heterocycles. The average Bonchev–Trinajstić information content (AvgIpc) is 2.87. The number of hydrogen-bond acceptors (Lipinski definition) is 2. The number of thiophene rings is 1. The summed E-state index contributed by atoms with van der Waals surface area (Å²) in [6, 6.07) is 8.55. The Morgan fingerprint density at radius 1 is 1.32 bits per heavy atom. The van der Waals surface area contributed by atoms with Crippen molar-refractivity contribution in [3.63, 3.8) is 0 Å². The van der Waals surface area contributed by atoms with Gasteiger partial charge in [-0.05, 0) is 48.1 Å². The molecule has 2 rings (SSSR count). The molecule has 4 heteroatoms. The van der Waals surface area contributed by atoms with Crippen molar-refractivity contribution in [2.24, 2.45) is 0 Å². The largest absolute Gasteiger partial charge is 0.299 e. The normalized spacial score (nSPS) is 10.6. The van der Waals surface area contributed by atoms with Gasteiger partial charge in [-0.2, -0.15) is 0 Å². The number of carbonyl (C=O) groups excluding carboxylic acids is 1. The lowest BCUT2D eigenvalue weighted by molar-refractivity contribution is -0.118. The molecule has 0 saturated heterocycles. The van der Waals surface area contributed by atoms with E-state index in [2.05, 4.69) is 22.0 Å². The van der Waals surface area contributed by atoms with Gasteiger partial charge in [0.15, 0.2) is 0 Å². The van der Waals surface area contributed by atoms with Gasteiger partial charge in [-0.25, -0.2) is 4.39 Å². The Kier molecular flexibility index (Phi) is 5.28. The number of Topliss-reactive ketones (excluding diaryl/α,β-unsaturated/α-hetero) is 1. The van der Waals surface area contributed by atoms with Crippen LogP contribution in [0.1, 0.15) is 23.3 Å². The van der Waals surface area contributed by atoms with Crippen LogP contribution in [0.15, 0.2) is 40.2 Å². The number of hydrogen-bond donors (Lipinski definition) is 0. The van der Waals surface area contributed by atoms with Crippen LogP contribution in [0.4, 0.5) is 4.39 Å². The predicted octanol–water partition coefficient (Wildman–Crippen LogP) is 4.78. The summed E-state index contributed by atoms with van der Waals surface area (Å²) in [5, 5.41) is 2.04. The SMILES string of the molecule is O=C(CCCc1cccs1)Cc1cc(F)ccc1Br. The number of aryl methyl sites for hydroxylation is 1. The third kappa shape index (κ3) is 4.55. The zero-order valence-corrected chi connectivity index (χ0v) is 12.8. The Morgan fingerprint density at radius 3 is 2.89 bits per heavy atom. The van der Waals surface area contributed by atoms with Crippen LogP contribution in [-0.4, -0.2) is 5.78 Å². The number of carbonyl (C=O) groups is 1. The van der Waals surface area contributed by atoms with Crippen LogP contribution in [0, 0.1) is 5.82 Å². The first kappa shape index (κ1) is 14.4. The smallest absolute Gasteiger partial charge is 0.137 e. The molecule has 1 nitrogen and oxygen atoms in total. The van der Waals surface area contributed by atoms with Crippen LogP contribution in [0.2, 0.25) is 0 Å². The fourth-order valence-corrected chi connectivity index (χ4v) is 3.03. The molecule has 0 aliphatic carbocycles. The molecule has 0 amide bonds. The standard InChI is InChI=1S/C15H14BrFOS/c16-15-7-6-12(17)9-11(15)10-13(18)3-1-4-14-5-2-8-19-14/h2,5-9H,1,3-4,10H2. The summed E-state index contributed by atoms with van der Waals surface area (Å²) in [6.07, 6.45) is 2.63. The lowest BCUT2D eigenvalue weighted by Crippen LogP contribution is -2.04. The Bertz CT molecular complexity index is 551. The summed E-state index contributed by atoms with van der Waals surface area (Å²) in [7, 11) is 0. The van der Waals surface area contributed by atoms with Gasteiger partial charge < -0.3 is 0 Å². The molecule has 0 spiro atoms. The first-order valence-corrected chi connectivity index (χ1v) is 7.80. The predicted molar refractivity (Wildman–Crippen MR) is 80.1 cm³/mol. The van der Waals surface area contributed by atoms with Gasteiger partial charge in [0.05, 0.1) is 0 Å². The number of ketones is 1. The Labute approximate surface area is 124 Å². The second kappa shape index (κ2) is 6.96. The minimum absolute atomic E-state index is 0.155. The summed E-state index contributed by atoms with van der Waals surface area (Å²) in [6.45, 7) is 0. The van der Waals surface area contributed by atoms with Gasteiger partial charge in [0.1, 0.15) is 11.6 Å². The van der Waals surface area contributed by atoms with E-state index in [1.807, 2.05) is 11.4 Å². The second-order valence-electron chi connectivity index (χ2n) is 4.38. The summed E-state index contributed by atoms with van der Waals surface area (Å²) < 4.78 is 13.9. The Hall–Kier alpha value is -1.00. The van der Waals surface area contributed by atoms with Gasteiger partial charge in [0.25, 0.3) is 0 Å². The lowest BCUT2D eigenvalue weighted by Gasteiger charge is -2.04. The van der Waals surface area contributed by atoms with Crippen molar-refractivity contribution in [3.8, 4) is 0 Å². The lowest BCUT2D eigenvalue weighted by atomic mass is 10.0.